The number of hydrogen-bond acceptors (Lipinski definition) is 5. The van der Waals surface area contributed by atoms with Crippen molar-refractivity contribution in [1.29, 1.82) is 0 Å². The van der Waals surface area contributed by atoms with E-state index < -0.39 is 0 Å². The van der Waals surface area contributed by atoms with Crippen molar-refractivity contribution < 1.29 is 13.9 Å². The Morgan fingerprint density at radius 2 is 1.72 bits per heavy atom. The first-order valence-corrected chi connectivity index (χ1v) is 7.78. The van der Waals surface area contributed by atoms with E-state index in [1.807, 2.05) is 26.0 Å². The largest absolute Gasteiger partial charge is 0.490 e. The second-order valence-corrected chi connectivity index (χ2v) is 5.04. The highest BCUT2D eigenvalue weighted by Gasteiger charge is 2.12. The second-order valence-electron chi connectivity index (χ2n) is 5.04. The van der Waals surface area contributed by atoms with Crippen molar-refractivity contribution in [3.8, 4) is 11.5 Å². The molecule has 0 atom stereocenters. The number of nitrogens with one attached hydrogen (secondary N) is 1. The summed E-state index contributed by atoms with van der Waals surface area (Å²) in [5.74, 6) is 1.53. The molecule has 0 saturated heterocycles. The molecule has 1 aromatic heterocycles. The molecule has 0 fully saturated rings. The van der Waals surface area contributed by atoms with Crippen LogP contribution in [0.4, 0.5) is 15.9 Å². The van der Waals surface area contributed by atoms with E-state index in [0.717, 1.165) is 10.9 Å². The molecular weight excluding hydrogens is 345 g/mol. The van der Waals surface area contributed by atoms with Gasteiger partial charge in [0.15, 0.2) is 11.5 Å². The van der Waals surface area contributed by atoms with E-state index in [-0.39, 0.29) is 18.2 Å². The van der Waals surface area contributed by atoms with Gasteiger partial charge in [0.1, 0.15) is 18.0 Å². The summed E-state index contributed by atoms with van der Waals surface area (Å²) in [5.41, 5.74) is 1.33. The van der Waals surface area contributed by atoms with Crippen LogP contribution in [0.3, 0.4) is 0 Å². The van der Waals surface area contributed by atoms with Crippen molar-refractivity contribution in [2.24, 2.45) is 0 Å². The van der Waals surface area contributed by atoms with Crippen LogP contribution >= 0.6 is 12.4 Å². The summed E-state index contributed by atoms with van der Waals surface area (Å²) < 4.78 is 24.6. The molecule has 1 N–H and O–H groups in total. The fourth-order valence-corrected chi connectivity index (χ4v) is 2.40. The van der Waals surface area contributed by atoms with E-state index in [9.17, 15) is 4.39 Å². The van der Waals surface area contributed by atoms with Gasteiger partial charge in [-0.05, 0) is 38.1 Å². The fourth-order valence-electron chi connectivity index (χ4n) is 2.40. The SMILES string of the molecule is CCOc1cc2ncnc(Nc3cccc(F)c3)c2cc1OCC.Cl. The highest BCUT2D eigenvalue weighted by molar-refractivity contribution is 5.93. The molecule has 0 spiro atoms. The van der Waals surface area contributed by atoms with Gasteiger partial charge in [0.05, 0.1) is 18.7 Å². The summed E-state index contributed by atoms with van der Waals surface area (Å²) in [5, 5.41) is 3.89. The summed E-state index contributed by atoms with van der Waals surface area (Å²) >= 11 is 0. The monoisotopic (exact) mass is 363 g/mol. The van der Waals surface area contributed by atoms with E-state index in [4.69, 9.17) is 9.47 Å². The van der Waals surface area contributed by atoms with Crippen LogP contribution in [0.5, 0.6) is 11.5 Å². The number of rotatable bonds is 6. The number of halogens is 2. The predicted molar refractivity (Wildman–Crippen MR) is 98.8 cm³/mol. The molecule has 0 aliphatic rings. The number of anilines is 2. The van der Waals surface area contributed by atoms with Gasteiger partial charge >= 0.3 is 0 Å². The summed E-state index contributed by atoms with van der Waals surface area (Å²) in [6.07, 6.45) is 1.46. The lowest BCUT2D eigenvalue weighted by molar-refractivity contribution is 0.288. The predicted octanol–water partition coefficient (Wildman–Crippen LogP) is 4.73. The van der Waals surface area contributed by atoms with Gasteiger partial charge in [0.2, 0.25) is 0 Å². The Morgan fingerprint density at radius 1 is 1.00 bits per heavy atom. The number of nitrogens with zero attached hydrogens (tertiary/aromatic N) is 2. The molecule has 0 aliphatic carbocycles. The van der Waals surface area contributed by atoms with Crippen molar-refractivity contribution in [2.75, 3.05) is 18.5 Å². The van der Waals surface area contributed by atoms with Crippen molar-refractivity contribution >= 4 is 34.8 Å². The number of fused-ring (bicyclic) bond motifs is 1. The van der Waals surface area contributed by atoms with Gasteiger partial charge in [0.25, 0.3) is 0 Å². The third kappa shape index (κ3) is 4.28. The fraction of sp³-hybridized carbons (Fsp3) is 0.222. The van der Waals surface area contributed by atoms with E-state index >= 15 is 0 Å². The maximum absolute atomic E-state index is 13.4. The average Bonchev–Trinajstić information content (AvgIpc) is 2.56. The van der Waals surface area contributed by atoms with Gasteiger partial charge in [0, 0.05) is 17.1 Å². The molecule has 25 heavy (non-hydrogen) atoms. The highest BCUT2D eigenvalue weighted by atomic mass is 35.5. The minimum Gasteiger partial charge on any atom is -0.490 e. The molecule has 0 unspecified atom stereocenters. The molecule has 5 nitrogen and oxygen atoms in total. The van der Waals surface area contributed by atoms with Crippen LogP contribution in [0.1, 0.15) is 13.8 Å². The van der Waals surface area contributed by atoms with Gasteiger partial charge < -0.3 is 14.8 Å². The summed E-state index contributed by atoms with van der Waals surface area (Å²) in [6.45, 7) is 4.88. The molecule has 0 radical (unpaired) electrons. The topological polar surface area (TPSA) is 56.3 Å². The number of benzene rings is 2. The van der Waals surface area contributed by atoms with Crippen LogP contribution in [0.25, 0.3) is 10.9 Å². The summed E-state index contributed by atoms with van der Waals surface area (Å²) in [6, 6.07) is 9.87. The maximum Gasteiger partial charge on any atom is 0.163 e. The lowest BCUT2D eigenvalue weighted by Crippen LogP contribution is -2.01. The van der Waals surface area contributed by atoms with E-state index in [1.165, 1.54) is 18.5 Å². The number of aromatic nitrogens is 2. The Labute approximate surface area is 151 Å². The molecule has 132 valence electrons. The normalized spacial score (nSPS) is 10.2. The van der Waals surface area contributed by atoms with E-state index in [0.29, 0.717) is 36.2 Å². The van der Waals surface area contributed by atoms with Crippen LogP contribution < -0.4 is 14.8 Å². The summed E-state index contributed by atoms with van der Waals surface area (Å²) in [4.78, 5) is 8.55. The lowest BCUT2D eigenvalue weighted by Gasteiger charge is -2.14. The number of hydrogen-bond donors (Lipinski definition) is 1. The van der Waals surface area contributed by atoms with Crippen molar-refractivity contribution in [3.63, 3.8) is 0 Å². The quantitative estimate of drug-likeness (QED) is 0.686. The van der Waals surface area contributed by atoms with Crippen molar-refractivity contribution in [1.82, 2.24) is 9.97 Å². The first-order chi connectivity index (χ1) is 11.7. The van der Waals surface area contributed by atoms with Gasteiger partial charge in [-0.25, -0.2) is 14.4 Å². The van der Waals surface area contributed by atoms with Crippen molar-refractivity contribution in [3.05, 3.63) is 48.5 Å². The van der Waals surface area contributed by atoms with Gasteiger partial charge in [-0.15, -0.1) is 12.4 Å². The van der Waals surface area contributed by atoms with Gasteiger partial charge in [-0.1, -0.05) is 6.07 Å². The van der Waals surface area contributed by atoms with E-state index in [2.05, 4.69) is 15.3 Å². The van der Waals surface area contributed by atoms with Gasteiger partial charge in [-0.2, -0.15) is 0 Å². The van der Waals surface area contributed by atoms with Crippen molar-refractivity contribution in [2.45, 2.75) is 13.8 Å². The lowest BCUT2D eigenvalue weighted by atomic mass is 10.2. The Bertz CT molecular complexity index is 861. The van der Waals surface area contributed by atoms with Crippen LogP contribution in [-0.2, 0) is 0 Å². The molecular formula is C18H19ClFN3O2. The molecule has 3 rings (SSSR count). The molecule has 3 aromatic rings. The van der Waals surface area contributed by atoms with Gasteiger partial charge in [-0.3, -0.25) is 0 Å². The first kappa shape index (κ1) is 18.7. The zero-order valence-corrected chi connectivity index (χ0v) is 14.8. The minimum absolute atomic E-state index is 0. The van der Waals surface area contributed by atoms with Crippen LogP contribution in [-0.4, -0.2) is 23.2 Å². The Kier molecular flexibility index (Phi) is 6.36. The molecule has 7 heteroatoms. The minimum atomic E-state index is -0.313. The molecule has 0 amide bonds. The second kappa shape index (κ2) is 8.48. The third-order valence-electron chi connectivity index (χ3n) is 3.39. The zero-order chi connectivity index (χ0) is 16.9. The van der Waals surface area contributed by atoms with Crippen LogP contribution in [0, 0.1) is 5.82 Å². The first-order valence-electron chi connectivity index (χ1n) is 7.78. The summed E-state index contributed by atoms with van der Waals surface area (Å²) in [7, 11) is 0. The Hall–Kier alpha value is -2.60. The molecule has 0 bridgehead atoms. The van der Waals surface area contributed by atoms with Crippen LogP contribution in [0.2, 0.25) is 0 Å². The Morgan fingerprint density at radius 3 is 2.40 bits per heavy atom. The molecule has 0 saturated carbocycles. The average molecular weight is 364 g/mol. The zero-order valence-electron chi connectivity index (χ0n) is 14.0. The number of ether oxygens (including phenoxy) is 2. The smallest absolute Gasteiger partial charge is 0.163 e. The molecule has 2 aromatic carbocycles. The maximum atomic E-state index is 13.4. The molecule has 0 aliphatic heterocycles. The Balaban J connectivity index is 0.00000225. The van der Waals surface area contributed by atoms with Crippen LogP contribution in [0.15, 0.2) is 42.7 Å². The standard InChI is InChI=1S/C18H18FN3O2.ClH/c1-3-23-16-9-14-15(10-17(16)24-4-2)20-11-21-18(14)22-13-7-5-6-12(19)8-13;/h5-11H,3-4H2,1-2H3,(H,20,21,22);1H. The highest BCUT2D eigenvalue weighted by Crippen LogP contribution is 2.35. The van der Waals surface area contributed by atoms with E-state index in [1.54, 1.807) is 12.1 Å². The molecule has 1 heterocycles. The third-order valence-corrected chi connectivity index (χ3v) is 3.39.